The largest absolute Gasteiger partial charge is 0.496 e. The molecule has 0 fully saturated rings. The molecule has 0 N–H and O–H groups in total. The Hall–Kier alpha value is -1.59. The molecule has 0 radical (unpaired) electrons. The van der Waals surface area contributed by atoms with E-state index >= 15 is 0 Å². The molecule has 0 atom stereocenters. The lowest BCUT2D eigenvalue weighted by Crippen LogP contribution is -1.87. The van der Waals surface area contributed by atoms with Crippen LogP contribution in [0.1, 0.15) is 12.0 Å². The van der Waals surface area contributed by atoms with E-state index < -0.39 is 0 Å². The van der Waals surface area contributed by atoms with Crippen molar-refractivity contribution in [2.75, 3.05) is 12.9 Å². The molecule has 0 aliphatic carbocycles. The van der Waals surface area contributed by atoms with Gasteiger partial charge in [-0.25, -0.2) is 0 Å². The average Bonchev–Trinajstić information content (AvgIpc) is 2.39. The first-order valence-corrected chi connectivity index (χ1v) is 6.15. The number of rotatable bonds is 2. The second-order valence-corrected chi connectivity index (χ2v) is 4.08. The summed E-state index contributed by atoms with van der Waals surface area (Å²) in [5, 5.41) is 2.24. The van der Waals surface area contributed by atoms with Crippen molar-refractivity contribution in [1.82, 2.24) is 0 Å². The van der Waals surface area contributed by atoms with Crippen molar-refractivity contribution in [3.63, 3.8) is 0 Å². The minimum Gasteiger partial charge on any atom is -0.496 e. The van der Waals surface area contributed by atoms with Crippen LogP contribution >= 0.6 is 12.6 Å². The molecule has 0 aliphatic heterocycles. The molecular weight excluding hydrogens is 228 g/mol. The van der Waals surface area contributed by atoms with E-state index in [1.54, 1.807) is 7.11 Å². The van der Waals surface area contributed by atoms with Gasteiger partial charge in [-0.15, -0.1) is 0 Å². The Balaban J connectivity index is 2.56. The Morgan fingerprint density at radius 1 is 1.12 bits per heavy atom. The number of ether oxygens (including phenoxy) is 1. The summed E-state index contributed by atoms with van der Waals surface area (Å²) < 4.78 is 5.35. The summed E-state index contributed by atoms with van der Waals surface area (Å²) in [7, 11) is 1.69. The molecule has 0 bridgehead atoms. The summed E-state index contributed by atoms with van der Waals surface area (Å²) in [4.78, 5) is 0. The lowest BCUT2D eigenvalue weighted by Gasteiger charge is -2.06. The molecule has 0 amide bonds. The Kier molecular flexibility index (Phi) is 3.95. The van der Waals surface area contributed by atoms with Gasteiger partial charge in [0.2, 0.25) is 0 Å². The summed E-state index contributed by atoms with van der Waals surface area (Å²) >= 11 is 4.15. The number of thiol groups is 1. The molecule has 2 heteroatoms. The van der Waals surface area contributed by atoms with E-state index in [1.807, 2.05) is 24.3 Å². The normalized spacial score (nSPS) is 9.76. The number of benzene rings is 2. The van der Waals surface area contributed by atoms with Crippen LogP contribution in [0.25, 0.3) is 10.8 Å². The molecule has 17 heavy (non-hydrogen) atoms. The Morgan fingerprint density at radius 3 is 2.59 bits per heavy atom. The highest BCUT2D eigenvalue weighted by atomic mass is 32.1. The third kappa shape index (κ3) is 2.57. The minimum atomic E-state index is 0.793. The van der Waals surface area contributed by atoms with Gasteiger partial charge in [0.25, 0.3) is 0 Å². The van der Waals surface area contributed by atoms with Crippen molar-refractivity contribution in [2.45, 2.75) is 6.42 Å². The van der Waals surface area contributed by atoms with Gasteiger partial charge in [-0.2, -0.15) is 12.6 Å². The Labute approximate surface area is 107 Å². The quantitative estimate of drug-likeness (QED) is 0.626. The lowest BCUT2D eigenvalue weighted by molar-refractivity contribution is 0.420. The summed E-state index contributed by atoms with van der Waals surface area (Å²) in [6, 6.07) is 12.1. The predicted molar refractivity (Wildman–Crippen MR) is 75.8 cm³/mol. The van der Waals surface area contributed by atoms with Crippen molar-refractivity contribution in [3.8, 4) is 17.6 Å². The van der Waals surface area contributed by atoms with E-state index in [0.717, 1.165) is 34.3 Å². The molecule has 2 aromatic rings. The highest BCUT2D eigenvalue weighted by molar-refractivity contribution is 7.80. The van der Waals surface area contributed by atoms with Crippen molar-refractivity contribution < 1.29 is 4.74 Å². The van der Waals surface area contributed by atoms with E-state index in [4.69, 9.17) is 4.74 Å². The SMILES string of the molecule is COc1ccc(C#CCCS)c2ccccc12. The molecule has 0 heterocycles. The number of hydrogen-bond donors (Lipinski definition) is 1. The molecule has 0 aliphatic rings. The van der Waals surface area contributed by atoms with Crippen molar-refractivity contribution in [2.24, 2.45) is 0 Å². The zero-order valence-electron chi connectivity index (χ0n) is 9.73. The fourth-order valence-electron chi connectivity index (χ4n) is 1.77. The van der Waals surface area contributed by atoms with Gasteiger partial charge in [0.15, 0.2) is 0 Å². The minimum absolute atomic E-state index is 0.793. The fourth-order valence-corrected chi connectivity index (χ4v) is 1.88. The van der Waals surface area contributed by atoms with Crippen molar-refractivity contribution >= 4 is 23.4 Å². The van der Waals surface area contributed by atoms with Gasteiger partial charge in [0.05, 0.1) is 7.11 Å². The maximum atomic E-state index is 5.35. The molecule has 0 saturated carbocycles. The van der Waals surface area contributed by atoms with Gasteiger partial charge in [-0.1, -0.05) is 36.1 Å². The first-order valence-electron chi connectivity index (χ1n) is 5.52. The molecule has 1 nitrogen and oxygen atoms in total. The van der Waals surface area contributed by atoms with Crippen LogP contribution in [0.2, 0.25) is 0 Å². The Morgan fingerprint density at radius 2 is 1.88 bits per heavy atom. The monoisotopic (exact) mass is 242 g/mol. The van der Waals surface area contributed by atoms with Gasteiger partial charge >= 0.3 is 0 Å². The van der Waals surface area contributed by atoms with Crippen LogP contribution in [0, 0.1) is 11.8 Å². The van der Waals surface area contributed by atoms with Crippen LogP contribution < -0.4 is 4.74 Å². The third-order valence-electron chi connectivity index (χ3n) is 2.56. The molecule has 0 spiro atoms. The van der Waals surface area contributed by atoms with Gasteiger partial charge in [-0.05, 0) is 12.1 Å². The molecule has 86 valence electrons. The van der Waals surface area contributed by atoms with Crippen LogP contribution in [0.5, 0.6) is 5.75 Å². The molecule has 0 unspecified atom stereocenters. The van der Waals surface area contributed by atoms with Crippen LogP contribution in [-0.4, -0.2) is 12.9 Å². The highest BCUT2D eigenvalue weighted by Crippen LogP contribution is 2.27. The van der Waals surface area contributed by atoms with E-state index in [2.05, 4.69) is 36.6 Å². The van der Waals surface area contributed by atoms with E-state index in [1.165, 1.54) is 0 Å². The van der Waals surface area contributed by atoms with Gasteiger partial charge in [0, 0.05) is 28.5 Å². The number of methoxy groups -OCH3 is 1. The molecule has 0 saturated heterocycles. The predicted octanol–water partition coefficient (Wildman–Crippen LogP) is 3.52. The number of fused-ring (bicyclic) bond motifs is 1. The fraction of sp³-hybridized carbons (Fsp3) is 0.200. The van der Waals surface area contributed by atoms with E-state index in [0.29, 0.717) is 0 Å². The van der Waals surface area contributed by atoms with Crippen molar-refractivity contribution in [1.29, 1.82) is 0 Å². The first-order chi connectivity index (χ1) is 8.36. The maximum Gasteiger partial charge on any atom is 0.126 e. The maximum absolute atomic E-state index is 5.35. The highest BCUT2D eigenvalue weighted by Gasteiger charge is 2.03. The first kappa shape index (κ1) is 11.9. The topological polar surface area (TPSA) is 9.23 Å². The van der Waals surface area contributed by atoms with Crippen LogP contribution in [0.3, 0.4) is 0 Å². The second-order valence-electron chi connectivity index (χ2n) is 3.64. The average molecular weight is 242 g/mol. The third-order valence-corrected chi connectivity index (χ3v) is 2.79. The number of hydrogen-bond acceptors (Lipinski definition) is 2. The smallest absolute Gasteiger partial charge is 0.126 e. The van der Waals surface area contributed by atoms with Gasteiger partial charge < -0.3 is 4.74 Å². The summed E-state index contributed by atoms with van der Waals surface area (Å²) in [5.41, 5.74) is 1.04. The molecular formula is C15H14OS. The zero-order chi connectivity index (χ0) is 12.1. The van der Waals surface area contributed by atoms with Gasteiger partial charge in [0.1, 0.15) is 5.75 Å². The molecule has 0 aromatic heterocycles. The van der Waals surface area contributed by atoms with Crippen LogP contribution in [0.15, 0.2) is 36.4 Å². The Bertz CT molecular complexity index is 578. The summed E-state index contributed by atoms with van der Waals surface area (Å²) in [5.74, 6) is 7.98. The van der Waals surface area contributed by atoms with E-state index in [-0.39, 0.29) is 0 Å². The van der Waals surface area contributed by atoms with Crippen LogP contribution in [0.4, 0.5) is 0 Å². The van der Waals surface area contributed by atoms with Crippen molar-refractivity contribution in [3.05, 3.63) is 42.0 Å². The lowest BCUT2D eigenvalue weighted by atomic mass is 10.0. The molecule has 2 aromatic carbocycles. The molecule has 2 rings (SSSR count). The summed E-state index contributed by atoms with van der Waals surface area (Å²) in [6.07, 6.45) is 0.809. The summed E-state index contributed by atoms with van der Waals surface area (Å²) in [6.45, 7) is 0. The zero-order valence-corrected chi connectivity index (χ0v) is 10.6. The second kappa shape index (κ2) is 5.65. The van der Waals surface area contributed by atoms with Crippen LogP contribution in [-0.2, 0) is 0 Å². The van der Waals surface area contributed by atoms with E-state index in [9.17, 15) is 0 Å². The standard InChI is InChI=1S/C15H14OS/c1-16-15-10-9-12(6-4-5-11-17)13-7-2-3-8-14(13)15/h2-3,7-10,17H,5,11H2,1H3. The van der Waals surface area contributed by atoms with Gasteiger partial charge in [-0.3, -0.25) is 0 Å².